The minimum atomic E-state index is -0.318. The van der Waals surface area contributed by atoms with Crippen molar-refractivity contribution in [1.82, 2.24) is 15.6 Å². The van der Waals surface area contributed by atoms with Gasteiger partial charge in [-0.2, -0.15) is 0 Å². The fourth-order valence-corrected chi connectivity index (χ4v) is 4.21. The molecular weight excluding hydrogens is 301 g/mol. The van der Waals surface area contributed by atoms with Crippen molar-refractivity contribution in [3.63, 3.8) is 0 Å². The summed E-state index contributed by atoms with van der Waals surface area (Å²) >= 11 is 1.23. The third-order valence-electron chi connectivity index (χ3n) is 4.45. The second-order valence-corrected chi connectivity index (χ2v) is 6.90. The largest absolute Gasteiger partial charge is 0.347 e. The van der Waals surface area contributed by atoms with Crippen molar-refractivity contribution in [3.05, 3.63) is 41.2 Å². The van der Waals surface area contributed by atoms with Gasteiger partial charge in [-0.15, -0.1) is 11.3 Å². The lowest BCUT2D eigenvalue weighted by molar-refractivity contribution is 0.0935. The van der Waals surface area contributed by atoms with Crippen molar-refractivity contribution in [2.24, 2.45) is 0 Å². The van der Waals surface area contributed by atoms with Crippen molar-refractivity contribution in [3.8, 4) is 10.6 Å². The Kier molecular flexibility index (Phi) is 3.43. The molecule has 3 heterocycles. The van der Waals surface area contributed by atoms with Crippen LogP contribution in [-0.2, 0) is 0 Å². The molecule has 4 rings (SSSR count). The zero-order valence-corrected chi connectivity index (χ0v) is 12.7. The minimum Gasteiger partial charge on any atom is -0.347 e. The van der Waals surface area contributed by atoms with E-state index in [9.17, 15) is 9.18 Å². The van der Waals surface area contributed by atoms with Crippen molar-refractivity contribution in [1.29, 1.82) is 0 Å². The Morgan fingerprint density at radius 1 is 1.36 bits per heavy atom. The van der Waals surface area contributed by atoms with Crippen LogP contribution in [0.4, 0.5) is 4.39 Å². The highest BCUT2D eigenvalue weighted by molar-refractivity contribution is 7.16. The molecular formula is C16H16FN3OS. The summed E-state index contributed by atoms with van der Waals surface area (Å²) in [6, 6.07) is 7.62. The predicted octanol–water partition coefficient (Wildman–Crippen LogP) is 2.57. The molecule has 6 heteroatoms. The third kappa shape index (κ3) is 2.42. The van der Waals surface area contributed by atoms with Gasteiger partial charge in [-0.05, 0) is 31.4 Å². The maximum Gasteiger partial charge on any atom is 0.263 e. The predicted molar refractivity (Wildman–Crippen MR) is 83.3 cm³/mol. The number of fused-ring (bicyclic) bond motifs is 2. The summed E-state index contributed by atoms with van der Waals surface area (Å²) < 4.78 is 13.8. The van der Waals surface area contributed by atoms with Gasteiger partial charge in [0.2, 0.25) is 0 Å². The fraction of sp³-hybridized carbons (Fsp3) is 0.375. The first kappa shape index (κ1) is 13.8. The summed E-state index contributed by atoms with van der Waals surface area (Å²) in [7, 11) is 0. The van der Waals surface area contributed by atoms with E-state index >= 15 is 0 Å². The van der Waals surface area contributed by atoms with Gasteiger partial charge in [0.25, 0.3) is 5.91 Å². The number of rotatable bonds is 3. The number of carbonyl (C=O) groups is 1. The molecule has 2 aliphatic heterocycles. The number of thiazole rings is 1. The minimum absolute atomic E-state index is 0.112. The van der Waals surface area contributed by atoms with Crippen LogP contribution in [0.1, 0.15) is 28.9 Å². The Morgan fingerprint density at radius 3 is 2.95 bits per heavy atom. The first-order valence-corrected chi connectivity index (χ1v) is 8.30. The zero-order valence-electron chi connectivity index (χ0n) is 11.9. The summed E-state index contributed by atoms with van der Waals surface area (Å²) in [5.41, 5.74) is 0.438. The zero-order chi connectivity index (χ0) is 15.1. The van der Waals surface area contributed by atoms with E-state index in [-0.39, 0.29) is 17.8 Å². The summed E-state index contributed by atoms with van der Waals surface area (Å²) in [6.07, 6.45) is 4.85. The van der Waals surface area contributed by atoms with E-state index in [4.69, 9.17) is 0 Å². The number of benzene rings is 1. The summed E-state index contributed by atoms with van der Waals surface area (Å²) in [4.78, 5) is 17.1. The molecule has 1 unspecified atom stereocenters. The molecule has 1 aromatic carbocycles. The second-order valence-electron chi connectivity index (χ2n) is 5.87. The van der Waals surface area contributed by atoms with E-state index in [1.165, 1.54) is 30.0 Å². The molecule has 2 bridgehead atoms. The highest BCUT2D eigenvalue weighted by Gasteiger charge is 2.39. The number of nitrogens with zero attached hydrogens (tertiary/aromatic N) is 1. The lowest BCUT2D eigenvalue weighted by atomic mass is 9.95. The average Bonchev–Trinajstić information content (AvgIpc) is 3.24. The monoisotopic (exact) mass is 317 g/mol. The van der Waals surface area contributed by atoms with E-state index in [2.05, 4.69) is 15.6 Å². The Balaban J connectivity index is 1.49. The van der Waals surface area contributed by atoms with Gasteiger partial charge in [-0.1, -0.05) is 12.1 Å². The van der Waals surface area contributed by atoms with E-state index in [1.54, 1.807) is 18.2 Å². The van der Waals surface area contributed by atoms with Crippen LogP contribution in [0.2, 0.25) is 0 Å². The molecule has 2 aliphatic rings. The standard InChI is InChI=1S/C16H16FN3OS/c17-11-4-2-1-3-10(11)16-18-8-14(22-16)15(21)20-13-7-9-5-6-12(13)19-9/h1-4,8-9,12-13,19H,5-7H2,(H,20,21)/t9-,12+,13?/m1/s1. The van der Waals surface area contributed by atoms with E-state index < -0.39 is 0 Å². The van der Waals surface area contributed by atoms with Gasteiger partial charge in [-0.3, -0.25) is 4.79 Å². The maximum atomic E-state index is 13.8. The lowest BCUT2D eigenvalue weighted by Crippen LogP contribution is -2.42. The Hall–Kier alpha value is -1.79. The number of amides is 1. The van der Waals surface area contributed by atoms with Gasteiger partial charge in [0.1, 0.15) is 15.7 Å². The molecule has 0 spiro atoms. The van der Waals surface area contributed by atoms with Crippen LogP contribution >= 0.6 is 11.3 Å². The maximum absolute atomic E-state index is 13.8. The molecule has 2 saturated heterocycles. The quantitative estimate of drug-likeness (QED) is 0.915. The first-order valence-electron chi connectivity index (χ1n) is 7.48. The highest BCUT2D eigenvalue weighted by Crippen LogP contribution is 2.30. The normalized spacial score (nSPS) is 26.3. The third-order valence-corrected chi connectivity index (χ3v) is 5.48. The van der Waals surface area contributed by atoms with Crippen LogP contribution < -0.4 is 10.6 Å². The summed E-state index contributed by atoms with van der Waals surface area (Å²) in [5, 5.41) is 7.11. The Morgan fingerprint density at radius 2 is 2.23 bits per heavy atom. The van der Waals surface area contributed by atoms with E-state index in [0.717, 1.165) is 12.8 Å². The molecule has 1 aromatic heterocycles. The van der Waals surface area contributed by atoms with E-state index in [0.29, 0.717) is 27.5 Å². The number of hydrogen-bond donors (Lipinski definition) is 2. The molecule has 0 radical (unpaired) electrons. The van der Waals surface area contributed by atoms with Crippen LogP contribution in [0, 0.1) is 5.82 Å². The van der Waals surface area contributed by atoms with E-state index in [1.807, 2.05) is 0 Å². The second kappa shape index (κ2) is 5.44. The number of halogens is 1. The van der Waals surface area contributed by atoms with Crippen molar-refractivity contribution >= 4 is 17.2 Å². The summed E-state index contributed by atoms with van der Waals surface area (Å²) in [6.45, 7) is 0. The molecule has 114 valence electrons. The van der Waals surface area contributed by atoms with Crippen molar-refractivity contribution in [2.45, 2.75) is 37.4 Å². The first-order chi connectivity index (χ1) is 10.7. The van der Waals surface area contributed by atoms with Crippen molar-refractivity contribution in [2.75, 3.05) is 0 Å². The molecule has 2 fully saturated rings. The molecule has 2 N–H and O–H groups in total. The number of nitrogens with one attached hydrogen (secondary N) is 2. The highest BCUT2D eigenvalue weighted by atomic mass is 32.1. The van der Waals surface area contributed by atoms with Crippen LogP contribution in [0.5, 0.6) is 0 Å². The molecule has 2 aromatic rings. The van der Waals surface area contributed by atoms with Gasteiger partial charge >= 0.3 is 0 Å². The topological polar surface area (TPSA) is 54.0 Å². The van der Waals surface area contributed by atoms with Crippen LogP contribution in [0.25, 0.3) is 10.6 Å². The molecule has 1 amide bonds. The van der Waals surface area contributed by atoms with Crippen LogP contribution in [0.3, 0.4) is 0 Å². The van der Waals surface area contributed by atoms with Crippen LogP contribution in [-0.4, -0.2) is 29.0 Å². The Labute approximate surface area is 131 Å². The van der Waals surface area contributed by atoms with Crippen LogP contribution in [0.15, 0.2) is 30.5 Å². The number of aromatic nitrogens is 1. The smallest absolute Gasteiger partial charge is 0.263 e. The number of hydrogen-bond acceptors (Lipinski definition) is 4. The van der Waals surface area contributed by atoms with Gasteiger partial charge < -0.3 is 10.6 Å². The summed E-state index contributed by atoms with van der Waals surface area (Å²) in [5.74, 6) is -0.430. The molecule has 4 nitrogen and oxygen atoms in total. The molecule has 3 atom stereocenters. The van der Waals surface area contributed by atoms with Gasteiger partial charge in [0.15, 0.2) is 0 Å². The van der Waals surface area contributed by atoms with Gasteiger partial charge in [0.05, 0.1) is 6.20 Å². The molecule has 22 heavy (non-hydrogen) atoms. The number of carbonyl (C=O) groups excluding carboxylic acids is 1. The fourth-order valence-electron chi connectivity index (χ4n) is 3.36. The Bertz CT molecular complexity index is 717. The van der Waals surface area contributed by atoms with Gasteiger partial charge in [0, 0.05) is 23.7 Å². The molecule has 0 aliphatic carbocycles. The SMILES string of the molecule is O=C(NC1C[C@H]2CC[C@@H]1N2)c1cnc(-c2ccccc2F)s1. The molecule has 0 saturated carbocycles. The average molecular weight is 317 g/mol. The lowest BCUT2D eigenvalue weighted by Gasteiger charge is -2.20. The van der Waals surface area contributed by atoms with Crippen molar-refractivity contribution < 1.29 is 9.18 Å². The van der Waals surface area contributed by atoms with Gasteiger partial charge in [-0.25, -0.2) is 9.37 Å².